The van der Waals surface area contributed by atoms with Gasteiger partial charge in [-0.3, -0.25) is 9.59 Å². The van der Waals surface area contributed by atoms with E-state index < -0.39 is 23.7 Å². The summed E-state index contributed by atoms with van der Waals surface area (Å²) < 4.78 is 16.5. The summed E-state index contributed by atoms with van der Waals surface area (Å²) in [6.07, 6.45) is 2.18. The average molecular weight is 311 g/mol. The maximum atomic E-state index is 12.6. The van der Waals surface area contributed by atoms with E-state index in [9.17, 15) is 9.59 Å². The topological polar surface area (TPSA) is 73.9 Å². The molecule has 124 valence electrons. The molecule has 0 radical (unpaired) electrons. The molecular weight excluding hydrogens is 286 g/mol. The lowest BCUT2D eigenvalue weighted by Gasteiger charge is -2.41. The minimum atomic E-state index is -1.58. The summed E-state index contributed by atoms with van der Waals surface area (Å²) in [5.41, 5.74) is 0.843. The Morgan fingerprint density at radius 3 is 2.64 bits per heavy atom. The molecule has 0 spiro atoms. The molecule has 4 atom stereocenters. The van der Waals surface area contributed by atoms with Crippen LogP contribution >= 0.6 is 0 Å². The molecule has 0 bridgehead atoms. The lowest BCUT2D eigenvalue weighted by molar-refractivity contribution is -0.248. The predicted molar refractivity (Wildman–Crippen MR) is 79.9 cm³/mol. The lowest BCUT2D eigenvalue weighted by atomic mass is 9.86. The highest BCUT2D eigenvalue weighted by molar-refractivity contribution is 6.39. The zero-order chi connectivity index (χ0) is 16.3. The van der Waals surface area contributed by atoms with Crippen molar-refractivity contribution in [2.24, 2.45) is 5.92 Å². The maximum absolute atomic E-state index is 12.6. The molecule has 22 heavy (non-hydrogen) atoms. The molecule has 1 N–H and O–H groups in total. The molecular formula is C16H25NO5. The Labute approximate surface area is 131 Å². The van der Waals surface area contributed by atoms with E-state index in [0.717, 1.165) is 18.4 Å². The van der Waals surface area contributed by atoms with Crippen LogP contribution in [0.25, 0.3) is 0 Å². The third-order valence-corrected chi connectivity index (χ3v) is 4.54. The first-order chi connectivity index (χ1) is 10.4. The van der Waals surface area contributed by atoms with Gasteiger partial charge in [-0.15, -0.1) is 0 Å². The van der Waals surface area contributed by atoms with Crippen molar-refractivity contribution < 1.29 is 23.8 Å². The fourth-order valence-corrected chi connectivity index (χ4v) is 2.82. The van der Waals surface area contributed by atoms with Gasteiger partial charge in [-0.05, 0) is 26.2 Å². The van der Waals surface area contributed by atoms with E-state index in [4.69, 9.17) is 14.2 Å². The molecule has 2 fully saturated rings. The van der Waals surface area contributed by atoms with E-state index >= 15 is 0 Å². The largest absolute Gasteiger partial charge is 0.359 e. The van der Waals surface area contributed by atoms with Gasteiger partial charge in [-0.2, -0.15) is 0 Å². The SMILES string of the molecule is C=C1C[C@@](OC)(C(=O)C(=O)N[C@H]2CCCCO2)O[C@@H](C)[C@H]1C. The normalized spacial score (nSPS) is 36.0. The number of hydrogen-bond acceptors (Lipinski definition) is 5. The molecule has 1 amide bonds. The molecule has 2 saturated heterocycles. The Morgan fingerprint density at radius 1 is 1.36 bits per heavy atom. The van der Waals surface area contributed by atoms with Gasteiger partial charge in [0.05, 0.1) is 6.10 Å². The van der Waals surface area contributed by atoms with E-state index in [1.807, 2.05) is 13.8 Å². The number of hydrogen-bond donors (Lipinski definition) is 1. The van der Waals surface area contributed by atoms with Crippen LogP contribution in [0.5, 0.6) is 0 Å². The summed E-state index contributed by atoms with van der Waals surface area (Å²) in [7, 11) is 1.37. The first kappa shape index (κ1) is 17.1. The third kappa shape index (κ3) is 3.39. The fourth-order valence-electron chi connectivity index (χ4n) is 2.82. The van der Waals surface area contributed by atoms with Crippen LogP contribution in [0.1, 0.15) is 39.5 Å². The first-order valence-corrected chi connectivity index (χ1v) is 7.77. The number of Topliss-reactive ketones (excluding diaryl/α,β-unsaturated/α-hetero) is 1. The highest BCUT2D eigenvalue weighted by Crippen LogP contribution is 2.36. The van der Waals surface area contributed by atoms with Gasteiger partial charge in [0.2, 0.25) is 5.79 Å². The van der Waals surface area contributed by atoms with Crippen molar-refractivity contribution >= 4 is 11.7 Å². The van der Waals surface area contributed by atoms with Crippen LogP contribution in [0.15, 0.2) is 12.2 Å². The van der Waals surface area contributed by atoms with Crippen molar-refractivity contribution in [2.45, 2.75) is 57.6 Å². The van der Waals surface area contributed by atoms with Gasteiger partial charge in [0.15, 0.2) is 0 Å². The smallest absolute Gasteiger partial charge is 0.295 e. The van der Waals surface area contributed by atoms with Crippen molar-refractivity contribution in [1.82, 2.24) is 5.32 Å². The number of rotatable bonds is 4. The minimum absolute atomic E-state index is 0.112. The number of amides is 1. The zero-order valence-electron chi connectivity index (χ0n) is 13.5. The molecule has 6 nitrogen and oxygen atoms in total. The molecule has 0 saturated carbocycles. The van der Waals surface area contributed by atoms with Gasteiger partial charge in [0.1, 0.15) is 6.23 Å². The molecule has 0 aliphatic carbocycles. The molecule has 6 heteroatoms. The Kier molecular flexibility index (Phi) is 5.36. The Hall–Kier alpha value is -1.24. The first-order valence-electron chi connectivity index (χ1n) is 7.77. The van der Waals surface area contributed by atoms with Gasteiger partial charge < -0.3 is 19.5 Å². The number of ketones is 1. The summed E-state index contributed by atoms with van der Waals surface area (Å²) in [6.45, 7) is 8.40. The summed E-state index contributed by atoms with van der Waals surface area (Å²) in [4.78, 5) is 24.8. The van der Waals surface area contributed by atoms with E-state index in [0.29, 0.717) is 13.0 Å². The lowest BCUT2D eigenvalue weighted by Crippen LogP contribution is -2.57. The van der Waals surface area contributed by atoms with Crippen molar-refractivity contribution in [3.05, 3.63) is 12.2 Å². The number of ether oxygens (including phenoxy) is 3. The van der Waals surface area contributed by atoms with E-state index in [1.54, 1.807) is 0 Å². The van der Waals surface area contributed by atoms with Gasteiger partial charge in [-0.1, -0.05) is 19.1 Å². The quantitative estimate of drug-likeness (QED) is 0.630. The number of methoxy groups -OCH3 is 1. The van der Waals surface area contributed by atoms with Crippen molar-refractivity contribution in [3.63, 3.8) is 0 Å². The monoisotopic (exact) mass is 311 g/mol. The molecule has 0 aromatic carbocycles. The molecule has 2 rings (SSSR count). The number of carbonyl (C=O) groups is 2. The van der Waals surface area contributed by atoms with Gasteiger partial charge >= 0.3 is 0 Å². The fraction of sp³-hybridized carbons (Fsp3) is 0.750. The van der Waals surface area contributed by atoms with Crippen molar-refractivity contribution in [3.8, 4) is 0 Å². The Balaban J connectivity index is 2.07. The second-order valence-corrected chi connectivity index (χ2v) is 6.06. The molecule has 2 aliphatic heterocycles. The minimum Gasteiger partial charge on any atom is -0.359 e. The predicted octanol–water partition coefficient (Wildman–Crippen LogP) is 1.54. The van der Waals surface area contributed by atoms with E-state index in [1.165, 1.54) is 7.11 Å². The number of carbonyl (C=O) groups excluding carboxylic acids is 2. The molecule has 0 aromatic rings. The molecule has 0 aromatic heterocycles. The van der Waals surface area contributed by atoms with Crippen LogP contribution in [-0.2, 0) is 23.8 Å². The van der Waals surface area contributed by atoms with E-state index in [-0.39, 0.29) is 18.4 Å². The molecule has 2 heterocycles. The highest BCUT2D eigenvalue weighted by Gasteiger charge is 2.50. The summed E-state index contributed by atoms with van der Waals surface area (Å²) in [5, 5.41) is 2.62. The van der Waals surface area contributed by atoms with Crippen LogP contribution in [0, 0.1) is 5.92 Å². The van der Waals surface area contributed by atoms with Crippen LogP contribution < -0.4 is 5.32 Å². The highest BCUT2D eigenvalue weighted by atomic mass is 16.7. The van der Waals surface area contributed by atoms with Crippen molar-refractivity contribution in [2.75, 3.05) is 13.7 Å². The second kappa shape index (κ2) is 6.89. The zero-order valence-corrected chi connectivity index (χ0v) is 13.5. The average Bonchev–Trinajstić information content (AvgIpc) is 2.52. The standard InChI is InChI=1S/C16H25NO5/c1-10-9-16(20-4,22-12(3)11(10)2)14(18)15(19)17-13-7-5-6-8-21-13/h11-13H,1,5-9H2,2-4H3,(H,17,19)/t11-,12-,13+,16-/m0/s1. The molecule has 2 aliphatic rings. The summed E-state index contributed by atoms with van der Waals surface area (Å²) >= 11 is 0. The van der Waals surface area contributed by atoms with Gasteiger partial charge in [0.25, 0.3) is 11.7 Å². The summed E-state index contributed by atoms with van der Waals surface area (Å²) in [5.74, 6) is -2.94. The van der Waals surface area contributed by atoms with Crippen LogP contribution in [-0.4, -0.2) is 43.5 Å². The second-order valence-electron chi connectivity index (χ2n) is 6.06. The third-order valence-electron chi connectivity index (χ3n) is 4.54. The van der Waals surface area contributed by atoms with Gasteiger partial charge in [0, 0.05) is 26.1 Å². The Morgan fingerprint density at radius 2 is 2.09 bits per heavy atom. The maximum Gasteiger partial charge on any atom is 0.295 e. The van der Waals surface area contributed by atoms with Crippen LogP contribution in [0.3, 0.4) is 0 Å². The van der Waals surface area contributed by atoms with Crippen LogP contribution in [0.2, 0.25) is 0 Å². The van der Waals surface area contributed by atoms with Crippen molar-refractivity contribution in [1.29, 1.82) is 0 Å². The summed E-state index contributed by atoms with van der Waals surface area (Å²) in [6, 6.07) is 0. The molecule has 0 unspecified atom stereocenters. The van der Waals surface area contributed by atoms with Crippen LogP contribution in [0.4, 0.5) is 0 Å². The number of nitrogens with one attached hydrogen (secondary N) is 1. The van der Waals surface area contributed by atoms with E-state index in [2.05, 4.69) is 11.9 Å². The Bertz CT molecular complexity index is 457. The van der Waals surface area contributed by atoms with Gasteiger partial charge in [-0.25, -0.2) is 0 Å².